The van der Waals surface area contributed by atoms with Crippen LogP contribution in [0.25, 0.3) is 10.6 Å². The van der Waals surface area contributed by atoms with Gasteiger partial charge in [-0.15, -0.1) is 35.8 Å². The van der Waals surface area contributed by atoms with E-state index >= 15 is 0 Å². The topological polar surface area (TPSA) is 51.2 Å². The number of benzene rings is 1. The number of halogens is 3. The number of aromatic nitrogens is 1. The minimum absolute atomic E-state index is 0.135. The second-order valence-corrected chi connectivity index (χ2v) is 7.14. The number of rotatable bonds is 6. The van der Waals surface area contributed by atoms with Crippen LogP contribution in [0.1, 0.15) is 10.6 Å². The van der Waals surface area contributed by atoms with Gasteiger partial charge in [0.05, 0.1) is 18.7 Å². The lowest BCUT2D eigenvalue weighted by Gasteiger charge is -2.08. The Morgan fingerprint density at radius 2 is 1.92 bits per heavy atom. The molecule has 0 radical (unpaired) electrons. The van der Waals surface area contributed by atoms with Crippen molar-refractivity contribution < 1.29 is 22.7 Å². The smallest absolute Gasteiger partial charge is 0.406 e. The van der Waals surface area contributed by atoms with Crippen molar-refractivity contribution in [2.45, 2.75) is 19.3 Å². The first-order chi connectivity index (χ1) is 12.4. The minimum Gasteiger partial charge on any atom is -0.406 e. The van der Waals surface area contributed by atoms with Crippen LogP contribution in [0.5, 0.6) is 5.75 Å². The van der Waals surface area contributed by atoms with Crippen molar-refractivity contribution >= 4 is 28.6 Å². The van der Waals surface area contributed by atoms with Gasteiger partial charge in [-0.05, 0) is 35.7 Å². The molecule has 2 heterocycles. The largest absolute Gasteiger partial charge is 0.573 e. The Balaban J connectivity index is 1.57. The van der Waals surface area contributed by atoms with Crippen molar-refractivity contribution in [1.29, 1.82) is 0 Å². The molecule has 2 aromatic heterocycles. The number of carbonyl (C=O) groups excluding carboxylic acids is 1. The van der Waals surface area contributed by atoms with E-state index in [4.69, 9.17) is 0 Å². The molecule has 0 aliphatic heterocycles. The average molecular weight is 398 g/mol. The van der Waals surface area contributed by atoms with Gasteiger partial charge >= 0.3 is 6.36 Å². The van der Waals surface area contributed by atoms with Crippen LogP contribution in [0.2, 0.25) is 0 Å². The number of hydrogen-bond donors (Lipinski definition) is 1. The molecule has 0 bridgehead atoms. The Morgan fingerprint density at radius 3 is 2.58 bits per heavy atom. The molecular formula is C17H13F3N2O2S2. The molecule has 1 N–H and O–H groups in total. The van der Waals surface area contributed by atoms with Crippen molar-refractivity contribution in [3.8, 4) is 16.3 Å². The Kier molecular flexibility index (Phi) is 5.58. The molecule has 1 amide bonds. The molecule has 3 rings (SSSR count). The van der Waals surface area contributed by atoms with Crippen LogP contribution in [-0.2, 0) is 17.8 Å². The lowest BCUT2D eigenvalue weighted by Crippen LogP contribution is -2.24. The van der Waals surface area contributed by atoms with Crippen LogP contribution in [0.3, 0.4) is 0 Å². The third-order valence-corrected chi connectivity index (χ3v) is 5.08. The van der Waals surface area contributed by atoms with Crippen LogP contribution in [0.15, 0.2) is 47.2 Å². The zero-order valence-electron chi connectivity index (χ0n) is 13.2. The van der Waals surface area contributed by atoms with Crippen molar-refractivity contribution in [2.24, 2.45) is 0 Å². The van der Waals surface area contributed by atoms with Crippen LogP contribution in [-0.4, -0.2) is 17.3 Å². The van der Waals surface area contributed by atoms with Crippen molar-refractivity contribution in [1.82, 2.24) is 10.3 Å². The van der Waals surface area contributed by atoms with Crippen molar-refractivity contribution in [3.05, 3.63) is 57.7 Å². The highest BCUT2D eigenvalue weighted by Gasteiger charge is 2.31. The summed E-state index contributed by atoms with van der Waals surface area (Å²) in [6, 6.07) is 9.33. The predicted molar refractivity (Wildman–Crippen MR) is 94.1 cm³/mol. The molecule has 0 unspecified atom stereocenters. The molecule has 26 heavy (non-hydrogen) atoms. The fourth-order valence-electron chi connectivity index (χ4n) is 2.15. The number of amides is 1. The summed E-state index contributed by atoms with van der Waals surface area (Å²) in [5, 5.41) is 7.16. The van der Waals surface area contributed by atoms with Gasteiger partial charge in [-0.2, -0.15) is 0 Å². The van der Waals surface area contributed by atoms with E-state index in [0.29, 0.717) is 22.8 Å². The lowest BCUT2D eigenvalue weighted by atomic mass is 10.2. The van der Waals surface area contributed by atoms with Gasteiger partial charge in [-0.25, -0.2) is 4.98 Å². The Hall–Kier alpha value is -2.39. The number of nitrogens with zero attached hydrogens (tertiary/aromatic N) is 1. The van der Waals surface area contributed by atoms with E-state index in [1.807, 2.05) is 17.5 Å². The highest BCUT2D eigenvalue weighted by Crippen LogP contribution is 2.28. The number of thiazole rings is 1. The summed E-state index contributed by atoms with van der Waals surface area (Å²) in [5.74, 6) is -0.421. The average Bonchev–Trinajstić information content (AvgIpc) is 3.24. The van der Waals surface area contributed by atoms with E-state index in [1.54, 1.807) is 16.7 Å². The molecule has 0 spiro atoms. The van der Waals surface area contributed by atoms with Gasteiger partial charge in [-0.3, -0.25) is 4.79 Å². The molecule has 136 valence electrons. The highest BCUT2D eigenvalue weighted by atomic mass is 32.1. The summed E-state index contributed by atoms with van der Waals surface area (Å²) < 4.78 is 40.4. The molecule has 0 saturated heterocycles. The van der Waals surface area contributed by atoms with E-state index in [2.05, 4.69) is 15.0 Å². The Bertz CT molecular complexity index is 859. The van der Waals surface area contributed by atoms with Gasteiger partial charge in [-0.1, -0.05) is 6.07 Å². The number of thiophene rings is 1. The lowest BCUT2D eigenvalue weighted by molar-refractivity contribution is -0.274. The molecule has 0 aliphatic rings. The summed E-state index contributed by atoms with van der Waals surface area (Å²) in [6.45, 7) is 0.480. The van der Waals surface area contributed by atoms with Crippen LogP contribution in [0.4, 0.5) is 13.2 Å². The van der Waals surface area contributed by atoms with Crippen LogP contribution < -0.4 is 10.1 Å². The number of hydrogen-bond acceptors (Lipinski definition) is 5. The Morgan fingerprint density at radius 1 is 1.15 bits per heavy atom. The molecule has 0 aliphatic carbocycles. The van der Waals surface area contributed by atoms with E-state index in [-0.39, 0.29) is 18.1 Å². The monoisotopic (exact) mass is 398 g/mol. The molecular weight excluding hydrogens is 385 g/mol. The number of ether oxygens (including phenoxy) is 1. The molecule has 0 saturated carbocycles. The molecule has 0 atom stereocenters. The molecule has 0 fully saturated rings. The SMILES string of the molecule is O=C(Cc1csc(-c2ccc(OC(F)(F)F)cc2)n1)NCc1cccs1. The number of alkyl halides is 3. The minimum atomic E-state index is -4.72. The maximum Gasteiger partial charge on any atom is 0.573 e. The summed E-state index contributed by atoms with van der Waals surface area (Å²) in [4.78, 5) is 17.4. The molecule has 1 aromatic carbocycles. The summed E-state index contributed by atoms with van der Waals surface area (Å²) in [6.07, 6.45) is -4.57. The zero-order chi connectivity index (χ0) is 18.6. The number of nitrogens with one attached hydrogen (secondary N) is 1. The second kappa shape index (κ2) is 7.88. The molecule has 3 aromatic rings. The quantitative estimate of drug-likeness (QED) is 0.659. The Labute approximate surface area is 155 Å². The third kappa shape index (κ3) is 5.30. The van der Waals surface area contributed by atoms with Crippen LogP contribution >= 0.6 is 22.7 Å². The maximum atomic E-state index is 12.2. The van der Waals surface area contributed by atoms with E-state index in [1.165, 1.54) is 35.6 Å². The first-order valence-corrected chi connectivity index (χ1v) is 9.25. The summed E-state index contributed by atoms with van der Waals surface area (Å²) >= 11 is 2.90. The van der Waals surface area contributed by atoms with Crippen LogP contribution in [0, 0.1) is 0 Å². The van der Waals surface area contributed by atoms with E-state index in [9.17, 15) is 18.0 Å². The predicted octanol–water partition coefficient (Wildman–Crippen LogP) is 4.63. The first kappa shape index (κ1) is 18.4. The van der Waals surface area contributed by atoms with Crippen molar-refractivity contribution in [2.75, 3.05) is 0 Å². The van der Waals surface area contributed by atoms with E-state index < -0.39 is 6.36 Å². The molecule has 4 nitrogen and oxygen atoms in total. The van der Waals surface area contributed by atoms with Gasteiger partial charge in [0, 0.05) is 15.8 Å². The standard InChI is InChI=1S/C17H13F3N2O2S2/c18-17(19,20)24-13-5-3-11(4-6-13)16-22-12(10-26-16)8-15(23)21-9-14-2-1-7-25-14/h1-7,10H,8-9H2,(H,21,23). The normalized spacial score (nSPS) is 11.3. The molecule has 9 heteroatoms. The fourth-order valence-corrected chi connectivity index (χ4v) is 3.62. The fraction of sp³-hybridized carbons (Fsp3) is 0.176. The van der Waals surface area contributed by atoms with Gasteiger partial charge in [0.15, 0.2) is 0 Å². The van der Waals surface area contributed by atoms with Gasteiger partial charge in [0.1, 0.15) is 10.8 Å². The van der Waals surface area contributed by atoms with Gasteiger partial charge in [0.25, 0.3) is 0 Å². The third-order valence-electron chi connectivity index (χ3n) is 3.27. The zero-order valence-corrected chi connectivity index (χ0v) is 14.9. The maximum absolute atomic E-state index is 12.2. The van der Waals surface area contributed by atoms with Crippen molar-refractivity contribution in [3.63, 3.8) is 0 Å². The first-order valence-electron chi connectivity index (χ1n) is 7.49. The summed E-state index contributed by atoms with van der Waals surface area (Å²) in [5.41, 5.74) is 1.28. The van der Waals surface area contributed by atoms with E-state index in [0.717, 1.165) is 4.88 Å². The summed E-state index contributed by atoms with van der Waals surface area (Å²) in [7, 11) is 0. The van der Waals surface area contributed by atoms with Gasteiger partial charge < -0.3 is 10.1 Å². The highest BCUT2D eigenvalue weighted by molar-refractivity contribution is 7.13. The van der Waals surface area contributed by atoms with Gasteiger partial charge in [0.2, 0.25) is 5.91 Å². The number of carbonyl (C=O) groups is 1. The second-order valence-electron chi connectivity index (χ2n) is 5.25.